The highest BCUT2D eigenvalue weighted by molar-refractivity contribution is 5.80. The normalized spacial score (nSPS) is 15.4. The number of benzene rings is 1. The van der Waals surface area contributed by atoms with Gasteiger partial charge in [0.15, 0.2) is 0 Å². The Hall–Kier alpha value is -4.53. The van der Waals surface area contributed by atoms with E-state index in [1.807, 2.05) is 12.3 Å². The molecule has 1 fully saturated rings. The fourth-order valence-electron chi connectivity index (χ4n) is 5.06. The molecule has 0 unspecified atom stereocenters. The third-order valence-corrected chi connectivity index (χ3v) is 6.88. The second-order valence-electron chi connectivity index (χ2n) is 10.8. The highest BCUT2D eigenvalue weighted by Gasteiger charge is 2.23. The van der Waals surface area contributed by atoms with E-state index in [1.54, 1.807) is 55.2 Å². The van der Waals surface area contributed by atoms with Crippen LogP contribution in [-0.2, 0) is 6.54 Å². The lowest BCUT2D eigenvalue weighted by atomic mass is 10.0. The number of rotatable bonds is 8. The molecule has 3 aromatic heterocycles. The van der Waals surface area contributed by atoms with Gasteiger partial charge in [-0.15, -0.1) is 0 Å². The number of aliphatic hydroxyl groups is 1. The number of nitrogens with two attached hydrogens (primary N) is 1. The molecule has 1 atom stereocenters. The topological polar surface area (TPSA) is 138 Å². The first-order chi connectivity index (χ1) is 19.6. The van der Waals surface area contributed by atoms with Gasteiger partial charge in [-0.3, -0.25) is 4.68 Å². The molecule has 4 aromatic rings. The number of hydrogen-bond acceptors (Lipinski definition) is 9. The molecule has 0 amide bonds. The molecule has 5 rings (SSSR count). The summed E-state index contributed by atoms with van der Waals surface area (Å²) in [7, 11) is 1.44. The molecule has 11 heteroatoms. The zero-order valence-electron chi connectivity index (χ0n) is 23.3. The second kappa shape index (κ2) is 11.5. The van der Waals surface area contributed by atoms with Crippen LogP contribution in [0.1, 0.15) is 32.3 Å². The average molecular weight is 557 g/mol. The van der Waals surface area contributed by atoms with Crippen molar-refractivity contribution in [3.05, 3.63) is 66.4 Å². The van der Waals surface area contributed by atoms with E-state index < -0.39 is 11.4 Å². The van der Waals surface area contributed by atoms with Crippen molar-refractivity contribution in [1.82, 2.24) is 19.7 Å². The van der Waals surface area contributed by atoms with Crippen molar-refractivity contribution in [2.24, 2.45) is 5.73 Å². The Balaban J connectivity index is 1.52. The van der Waals surface area contributed by atoms with Crippen molar-refractivity contribution in [3.8, 4) is 34.2 Å². The molecule has 1 saturated heterocycles. The molecule has 41 heavy (non-hydrogen) atoms. The minimum absolute atomic E-state index is 0.0533. The summed E-state index contributed by atoms with van der Waals surface area (Å²) in [5.74, 6) is 0.656. The number of piperidine rings is 1. The van der Waals surface area contributed by atoms with E-state index in [9.17, 15) is 14.8 Å². The van der Waals surface area contributed by atoms with Gasteiger partial charge in [0.25, 0.3) is 0 Å². The van der Waals surface area contributed by atoms with Crippen LogP contribution in [0.15, 0.2) is 55.0 Å². The van der Waals surface area contributed by atoms with E-state index in [0.29, 0.717) is 24.7 Å². The minimum atomic E-state index is -0.905. The molecule has 1 aromatic carbocycles. The molecule has 0 spiro atoms. The number of anilines is 3. The summed E-state index contributed by atoms with van der Waals surface area (Å²) in [6.45, 7) is 5.36. The van der Waals surface area contributed by atoms with Crippen molar-refractivity contribution in [3.63, 3.8) is 0 Å². The fourth-order valence-corrected chi connectivity index (χ4v) is 5.06. The summed E-state index contributed by atoms with van der Waals surface area (Å²) in [5, 5.41) is 27.6. The van der Waals surface area contributed by atoms with Crippen LogP contribution in [-0.4, -0.2) is 56.7 Å². The fraction of sp³-hybridized carbons (Fsp3) is 0.333. The molecule has 0 saturated carbocycles. The third-order valence-electron chi connectivity index (χ3n) is 6.88. The quantitative estimate of drug-likeness (QED) is 0.287. The van der Waals surface area contributed by atoms with Gasteiger partial charge >= 0.3 is 0 Å². The van der Waals surface area contributed by atoms with Gasteiger partial charge in [-0.05, 0) is 51.0 Å². The van der Waals surface area contributed by atoms with Gasteiger partial charge in [0, 0.05) is 54.4 Å². The molecule has 4 heterocycles. The van der Waals surface area contributed by atoms with Crippen LogP contribution in [0, 0.1) is 17.1 Å². The van der Waals surface area contributed by atoms with E-state index in [-0.39, 0.29) is 28.6 Å². The number of nitrogens with one attached hydrogen (secondary N) is 1. The van der Waals surface area contributed by atoms with Gasteiger partial charge in [0.1, 0.15) is 29.3 Å². The molecule has 212 valence electrons. The Morgan fingerprint density at radius 2 is 2.07 bits per heavy atom. The lowest BCUT2D eigenvalue weighted by molar-refractivity contribution is 0.0577. The van der Waals surface area contributed by atoms with Crippen LogP contribution < -0.4 is 20.7 Å². The Kier molecular flexibility index (Phi) is 7.88. The van der Waals surface area contributed by atoms with Crippen molar-refractivity contribution >= 4 is 17.3 Å². The Morgan fingerprint density at radius 1 is 1.24 bits per heavy atom. The maximum absolute atomic E-state index is 14.9. The van der Waals surface area contributed by atoms with Gasteiger partial charge in [-0.25, -0.2) is 14.4 Å². The molecule has 0 aliphatic carbocycles. The largest absolute Gasteiger partial charge is 0.496 e. The zero-order valence-corrected chi connectivity index (χ0v) is 23.3. The van der Waals surface area contributed by atoms with Crippen LogP contribution in [0.5, 0.6) is 5.75 Å². The Morgan fingerprint density at radius 3 is 2.80 bits per heavy atom. The van der Waals surface area contributed by atoms with Gasteiger partial charge in [0.2, 0.25) is 0 Å². The number of ether oxygens (including phenoxy) is 1. The highest BCUT2D eigenvalue weighted by Crippen LogP contribution is 2.36. The number of hydrogen-bond donors (Lipinski definition) is 3. The molecular weight excluding hydrogens is 523 g/mol. The molecule has 0 bridgehead atoms. The van der Waals surface area contributed by atoms with Gasteiger partial charge in [0.05, 0.1) is 42.3 Å². The van der Waals surface area contributed by atoms with Crippen LogP contribution in [0.25, 0.3) is 22.4 Å². The first kappa shape index (κ1) is 28.0. The first-order valence-electron chi connectivity index (χ1n) is 13.4. The lowest BCUT2D eigenvalue weighted by Gasteiger charge is -2.34. The number of nitriles is 1. The summed E-state index contributed by atoms with van der Waals surface area (Å²) < 4.78 is 22.0. The van der Waals surface area contributed by atoms with Gasteiger partial charge in [-0.2, -0.15) is 10.4 Å². The number of halogens is 1. The standard InChI is InChI=1S/C30H33FN8O2/c1-30(2,40)18-39-16-20(14-35-39)22-15-34-27(12-24(22)38-11-5-6-21(33)17-38)36-26-10-9-19(13-32)29(37-26)28-23(31)7-4-8-25(28)41-3/h4,7-10,12,14-16,21,40H,5-6,11,17-18,33H2,1-3H3,(H,34,36,37)/t21-/m0/s1. The van der Waals surface area contributed by atoms with Gasteiger partial charge in [-0.1, -0.05) is 6.07 Å². The summed E-state index contributed by atoms with van der Waals surface area (Å²) in [6.07, 6.45) is 7.36. The smallest absolute Gasteiger partial charge is 0.136 e. The molecule has 1 aliphatic rings. The summed E-state index contributed by atoms with van der Waals surface area (Å²) in [6, 6.07) is 11.8. The Labute approximate surface area is 238 Å². The SMILES string of the molecule is COc1cccc(F)c1-c1nc(Nc2cc(N3CCC[C@H](N)C3)c(-c3cnn(CC(C)(C)O)c3)cn2)ccc1C#N. The molecular formula is C30H33FN8O2. The Bertz CT molecular complexity index is 1590. The monoisotopic (exact) mass is 556 g/mol. The van der Waals surface area contributed by atoms with E-state index in [1.165, 1.54) is 13.2 Å². The van der Waals surface area contributed by atoms with Crippen LogP contribution in [0.4, 0.5) is 21.7 Å². The van der Waals surface area contributed by atoms with Crippen molar-refractivity contribution < 1.29 is 14.2 Å². The second-order valence-corrected chi connectivity index (χ2v) is 10.8. The number of nitrogens with zero attached hydrogens (tertiary/aromatic N) is 6. The average Bonchev–Trinajstić information content (AvgIpc) is 3.39. The maximum Gasteiger partial charge on any atom is 0.136 e. The van der Waals surface area contributed by atoms with Crippen molar-refractivity contribution in [2.75, 3.05) is 30.4 Å². The van der Waals surface area contributed by atoms with Gasteiger partial charge < -0.3 is 25.8 Å². The van der Waals surface area contributed by atoms with E-state index >= 15 is 0 Å². The van der Waals surface area contributed by atoms with Crippen LogP contribution >= 0.6 is 0 Å². The number of aromatic nitrogens is 4. The number of methoxy groups -OCH3 is 1. The van der Waals surface area contributed by atoms with Crippen LogP contribution in [0.2, 0.25) is 0 Å². The maximum atomic E-state index is 14.9. The molecule has 0 radical (unpaired) electrons. The summed E-state index contributed by atoms with van der Waals surface area (Å²) >= 11 is 0. The molecule has 10 nitrogen and oxygen atoms in total. The predicted octanol–water partition coefficient (Wildman–Crippen LogP) is 4.47. The van der Waals surface area contributed by atoms with Crippen molar-refractivity contribution in [1.29, 1.82) is 5.26 Å². The van der Waals surface area contributed by atoms with E-state index in [4.69, 9.17) is 10.5 Å². The summed E-state index contributed by atoms with van der Waals surface area (Å²) in [4.78, 5) is 11.5. The van der Waals surface area contributed by atoms with Crippen molar-refractivity contribution in [2.45, 2.75) is 44.9 Å². The van der Waals surface area contributed by atoms with E-state index in [2.05, 4.69) is 31.4 Å². The lowest BCUT2D eigenvalue weighted by Crippen LogP contribution is -2.43. The summed E-state index contributed by atoms with van der Waals surface area (Å²) in [5.41, 5.74) is 8.61. The first-order valence-corrected chi connectivity index (χ1v) is 13.4. The van der Waals surface area contributed by atoms with E-state index in [0.717, 1.165) is 36.2 Å². The highest BCUT2D eigenvalue weighted by atomic mass is 19.1. The number of pyridine rings is 2. The minimum Gasteiger partial charge on any atom is -0.496 e. The molecule has 4 N–H and O–H groups in total. The predicted molar refractivity (Wildman–Crippen MR) is 155 cm³/mol. The molecule has 1 aliphatic heterocycles. The zero-order chi connectivity index (χ0) is 29.1. The van der Waals surface area contributed by atoms with Crippen LogP contribution in [0.3, 0.4) is 0 Å². The third kappa shape index (κ3) is 6.29.